The molecule has 1 heterocycles. The first kappa shape index (κ1) is 21.5. The Bertz CT molecular complexity index is 1040. The Morgan fingerprint density at radius 3 is 2.24 bits per heavy atom. The van der Waals surface area contributed by atoms with Crippen LogP contribution >= 0.6 is 0 Å². The van der Waals surface area contributed by atoms with E-state index in [0.29, 0.717) is 19.5 Å². The van der Waals surface area contributed by atoms with E-state index in [4.69, 9.17) is 4.74 Å². The van der Waals surface area contributed by atoms with E-state index in [1.807, 2.05) is 24.3 Å². The molecule has 1 unspecified atom stereocenters. The smallest absolute Gasteiger partial charge is 0.407 e. The summed E-state index contributed by atoms with van der Waals surface area (Å²) >= 11 is 0. The third-order valence-electron chi connectivity index (χ3n) is 7.42. The zero-order valence-electron chi connectivity index (χ0n) is 18.4. The Kier molecular flexibility index (Phi) is 5.79. The number of hydrogen-bond acceptors (Lipinski definition) is 4. The lowest BCUT2D eigenvalue weighted by Gasteiger charge is -2.40. The topological polar surface area (TPSA) is 95.9 Å². The van der Waals surface area contributed by atoms with Gasteiger partial charge in [-0.25, -0.2) is 9.59 Å². The number of carboxylic acids is 1. The number of hydrogen-bond donors (Lipinski definition) is 2. The highest BCUT2D eigenvalue weighted by Gasteiger charge is 2.43. The number of fused-ring (bicyclic) bond motifs is 3. The minimum atomic E-state index is -0.944. The molecular formula is C26H28N2O5. The lowest BCUT2D eigenvalue weighted by Crippen LogP contribution is -2.57. The van der Waals surface area contributed by atoms with E-state index >= 15 is 0 Å². The maximum absolute atomic E-state index is 12.8. The molecule has 2 aromatic carbocycles. The average molecular weight is 449 g/mol. The summed E-state index contributed by atoms with van der Waals surface area (Å²) in [5.41, 5.74) is 4.69. The number of carboxylic acid groups (broad SMARTS) is 1. The van der Waals surface area contributed by atoms with Crippen LogP contribution in [-0.4, -0.2) is 53.7 Å². The minimum Gasteiger partial charge on any atom is -0.480 e. The molecule has 0 spiro atoms. The van der Waals surface area contributed by atoms with Crippen molar-refractivity contribution in [2.75, 3.05) is 19.7 Å². The molecule has 2 aliphatic carbocycles. The molecule has 5 rings (SSSR count). The van der Waals surface area contributed by atoms with Crippen molar-refractivity contribution in [1.29, 1.82) is 0 Å². The van der Waals surface area contributed by atoms with Gasteiger partial charge in [-0.3, -0.25) is 4.79 Å². The van der Waals surface area contributed by atoms with Gasteiger partial charge in [0.1, 0.15) is 12.6 Å². The van der Waals surface area contributed by atoms with Gasteiger partial charge in [0.25, 0.3) is 0 Å². The molecule has 0 aromatic heterocycles. The van der Waals surface area contributed by atoms with Gasteiger partial charge in [-0.05, 0) is 47.4 Å². The van der Waals surface area contributed by atoms with Gasteiger partial charge in [0, 0.05) is 24.9 Å². The Morgan fingerprint density at radius 2 is 1.64 bits per heavy atom. The van der Waals surface area contributed by atoms with Crippen LogP contribution in [0.4, 0.5) is 4.79 Å². The van der Waals surface area contributed by atoms with Crippen LogP contribution in [0, 0.1) is 11.8 Å². The molecule has 2 amide bonds. The normalized spacial score (nSPS) is 23.4. The Labute approximate surface area is 192 Å². The predicted molar refractivity (Wildman–Crippen MR) is 122 cm³/mol. The van der Waals surface area contributed by atoms with E-state index in [1.54, 1.807) is 0 Å². The third-order valence-corrected chi connectivity index (χ3v) is 7.42. The number of nitrogens with one attached hydrogen (secondary N) is 1. The zero-order valence-corrected chi connectivity index (χ0v) is 18.4. The second-order valence-electron chi connectivity index (χ2n) is 9.18. The molecule has 2 N–H and O–H groups in total. The number of alkyl carbamates (subject to hydrolysis) is 1. The van der Waals surface area contributed by atoms with Crippen LogP contribution in [0.15, 0.2) is 48.5 Å². The maximum atomic E-state index is 12.8. The lowest BCUT2D eigenvalue weighted by atomic mass is 9.91. The van der Waals surface area contributed by atoms with E-state index in [2.05, 4.69) is 29.6 Å². The summed E-state index contributed by atoms with van der Waals surface area (Å²) in [6, 6.07) is 15.7. The number of ether oxygens (including phenoxy) is 1. The number of amides is 2. The quantitative estimate of drug-likeness (QED) is 0.704. The summed E-state index contributed by atoms with van der Waals surface area (Å²) in [6.45, 7) is 1.11. The number of rotatable bonds is 6. The first-order valence-corrected chi connectivity index (χ1v) is 11.7. The number of nitrogens with zero attached hydrogens (tertiary/aromatic N) is 1. The van der Waals surface area contributed by atoms with E-state index in [-0.39, 0.29) is 30.3 Å². The molecular weight excluding hydrogens is 420 g/mol. The fraction of sp³-hybridized carbons (Fsp3) is 0.423. The van der Waals surface area contributed by atoms with Gasteiger partial charge in [0.15, 0.2) is 0 Å². The first-order valence-electron chi connectivity index (χ1n) is 11.7. The molecule has 1 saturated carbocycles. The van der Waals surface area contributed by atoms with Crippen molar-refractivity contribution in [2.45, 2.75) is 37.6 Å². The molecule has 33 heavy (non-hydrogen) atoms. The maximum Gasteiger partial charge on any atom is 0.407 e. The van der Waals surface area contributed by atoms with Crippen LogP contribution in [0.2, 0.25) is 0 Å². The van der Waals surface area contributed by atoms with E-state index < -0.39 is 18.1 Å². The Morgan fingerprint density at radius 1 is 0.970 bits per heavy atom. The minimum absolute atomic E-state index is 0.00308. The van der Waals surface area contributed by atoms with Crippen LogP contribution in [0.5, 0.6) is 0 Å². The lowest BCUT2D eigenvalue weighted by molar-refractivity contribution is -0.159. The number of benzene rings is 2. The van der Waals surface area contributed by atoms with Gasteiger partial charge >= 0.3 is 12.1 Å². The fourth-order valence-electron chi connectivity index (χ4n) is 5.59. The Balaban J connectivity index is 1.16. The molecule has 7 nitrogen and oxygen atoms in total. The van der Waals surface area contributed by atoms with Crippen molar-refractivity contribution in [1.82, 2.24) is 10.2 Å². The average Bonchev–Trinajstić information content (AvgIpc) is 3.38. The van der Waals surface area contributed by atoms with Crippen molar-refractivity contribution in [3.8, 4) is 11.1 Å². The van der Waals surface area contributed by atoms with Crippen LogP contribution in [-0.2, 0) is 14.3 Å². The van der Waals surface area contributed by atoms with Gasteiger partial charge in [0.05, 0.1) is 0 Å². The third kappa shape index (κ3) is 3.96. The standard InChI is InChI=1S/C26H28N2O5/c29-24(28-13-12-23(28)25(30)31)17-11-5-6-16(17)14-27-26(32)33-15-22-20-9-3-1-7-18(20)19-8-2-4-10-21(19)22/h1-4,7-10,16-17,22-23H,5-6,11-15H2,(H,27,32)(H,30,31)/t16-,17-,23?/m0/s1. The molecule has 3 atom stereocenters. The van der Waals surface area contributed by atoms with Gasteiger partial charge in [0.2, 0.25) is 5.91 Å². The summed E-state index contributed by atoms with van der Waals surface area (Å²) < 4.78 is 5.60. The number of carbonyl (C=O) groups is 3. The van der Waals surface area contributed by atoms with Crippen molar-refractivity contribution >= 4 is 18.0 Å². The molecule has 0 radical (unpaired) electrons. The number of likely N-dealkylation sites (tertiary alicyclic amines) is 1. The van der Waals surface area contributed by atoms with Crippen molar-refractivity contribution < 1.29 is 24.2 Å². The predicted octanol–water partition coefficient (Wildman–Crippen LogP) is 3.63. The highest BCUT2D eigenvalue weighted by Crippen LogP contribution is 2.44. The second kappa shape index (κ2) is 8.89. The molecule has 172 valence electrons. The van der Waals surface area contributed by atoms with Crippen LogP contribution in [0.3, 0.4) is 0 Å². The monoisotopic (exact) mass is 448 g/mol. The number of carbonyl (C=O) groups excluding carboxylic acids is 2. The molecule has 1 aliphatic heterocycles. The summed E-state index contributed by atoms with van der Waals surface area (Å²) in [5, 5.41) is 12.1. The van der Waals surface area contributed by atoms with Crippen molar-refractivity contribution in [3.05, 3.63) is 59.7 Å². The fourth-order valence-corrected chi connectivity index (χ4v) is 5.59. The Hall–Kier alpha value is -3.35. The summed E-state index contributed by atoms with van der Waals surface area (Å²) in [7, 11) is 0. The van der Waals surface area contributed by atoms with Crippen LogP contribution in [0.1, 0.15) is 42.7 Å². The molecule has 3 aliphatic rings. The molecule has 2 fully saturated rings. The largest absolute Gasteiger partial charge is 0.480 e. The van der Waals surface area contributed by atoms with E-state index in [9.17, 15) is 19.5 Å². The highest BCUT2D eigenvalue weighted by molar-refractivity contribution is 5.87. The summed E-state index contributed by atoms with van der Waals surface area (Å²) in [6.07, 6.45) is 2.50. The highest BCUT2D eigenvalue weighted by atomic mass is 16.5. The first-order chi connectivity index (χ1) is 16.0. The van der Waals surface area contributed by atoms with Crippen LogP contribution < -0.4 is 5.32 Å². The van der Waals surface area contributed by atoms with Crippen LogP contribution in [0.25, 0.3) is 11.1 Å². The SMILES string of the molecule is O=C(NC[C@@H]1CCC[C@@H]1C(=O)N1CCC1C(=O)O)OCC1c2ccccc2-c2ccccc21. The van der Waals surface area contributed by atoms with Gasteiger partial charge in [-0.1, -0.05) is 55.0 Å². The van der Waals surface area contributed by atoms with Gasteiger partial charge in [-0.15, -0.1) is 0 Å². The zero-order chi connectivity index (χ0) is 22.9. The van der Waals surface area contributed by atoms with Crippen molar-refractivity contribution in [3.63, 3.8) is 0 Å². The second-order valence-corrected chi connectivity index (χ2v) is 9.18. The summed E-state index contributed by atoms with van der Waals surface area (Å²) in [4.78, 5) is 38.1. The summed E-state index contributed by atoms with van der Waals surface area (Å²) in [5.74, 6) is -1.26. The van der Waals surface area contributed by atoms with E-state index in [1.165, 1.54) is 16.0 Å². The molecule has 1 saturated heterocycles. The van der Waals surface area contributed by atoms with Gasteiger partial charge < -0.3 is 20.1 Å². The van der Waals surface area contributed by atoms with E-state index in [0.717, 1.165) is 30.4 Å². The number of aliphatic carboxylic acids is 1. The molecule has 0 bridgehead atoms. The van der Waals surface area contributed by atoms with Gasteiger partial charge in [-0.2, -0.15) is 0 Å². The molecule has 7 heteroatoms. The molecule has 2 aromatic rings. The van der Waals surface area contributed by atoms with Crippen molar-refractivity contribution in [2.24, 2.45) is 11.8 Å².